The van der Waals surface area contributed by atoms with Crippen molar-refractivity contribution in [1.82, 2.24) is 10.2 Å². The van der Waals surface area contributed by atoms with E-state index in [4.69, 9.17) is 4.74 Å². The lowest BCUT2D eigenvalue weighted by atomic mass is 10.1. The van der Waals surface area contributed by atoms with E-state index in [1.54, 1.807) is 4.90 Å². The first kappa shape index (κ1) is 20.8. The Morgan fingerprint density at radius 3 is 2.80 bits per heavy atom. The van der Waals surface area contributed by atoms with Gasteiger partial charge in [-0.3, -0.25) is 14.5 Å². The lowest BCUT2D eigenvalue weighted by molar-refractivity contribution is -0.127. The molecule has 2 aromatic rings. The third-order valence-electron chi connectivity index (χ3n) is 5.90. The molecular formula is C24H31N3O3. The van der Waals surface area contributed by atoms with E-state index in [1.165, 1.54) is 0 Å². The molecule has 2 aromatic carbocycles. The number of hydrogen-bond donors (Lipinski definition) is 1. The summed E-state index contributed by atoms with van der Waals surface area (Å²) in [6, 6.07) is 14.0. The largest absolute Gasteiger partial charge is 0.374 e. The van der Waals surface area contributed by atoms with Gasteiger partial charge in [0.1, 0.15) is 0 Å². The van der Waals surface area contributed by atoms with Gasteiger partial charge in [0.2, 0.25) is 11.8 Å². The van der Waals surface area contributed by atoms with Crippen LogP contribution in [0.25, 0.3) is 10.8 Å². The number of hydrogen-bond acceptors (Lipinski definition) is 4. The average Bonchev–Trinajstić information content (AvgIpc) is 3.13. The summed E-state index contributed by atoms with van der Waals surface area (Å²) >= 11 is 0. The summed E-state index contributed by atoms with van der Waals surface area (Å²) in [5, 5.41) is 5.16. The molecule has 0 saturated carbocycles. The van der Waals surface area contributed by atoms with Crippen LogP contribution in [0, 0.1) is 11.8 Å². The number of rotatable bonds is 6. The normalized spacial score (nSPS) is 22.8. The fourth-order valence-corrected chi connectivity index (χ4v) is 4.50. The summed E-state index contributed by atoms with van der Waals surface area (Å²) in [4.78, 5) is 29.6. The summed E-state index contributed by atoms with van der Waals surface area (Å²) in [6.45, 7) is 8.87. The highest BCUT2D eigenvalue weighted by molar-refractivity contribution is 6.06. The van der Waals surface area contributed by atoms with Gasteiger partial charge in [0.25, 0.3) is 0 Å². The van der Waals surface area contributed by atoms with Gasteiger partial charge >= 0.3 is 0 Å². The summed E-state index contributed by atoms with van der Waals surface area (Å²) in [6.07, 6.45) is 0.257. The number of carbonyl (C=O) groups is 2. The van der Waals surface area contributed by atoms with E-state index >= 15 is 0 Å². The first-order valence-corrected chi connectivity index (χ1v) is 10.9. The smallest absolute Gasteiger partial charge is 0.227 e. The molecule has 0 radical (unpaired) electrons. The van der Waals surface area contributed by atoms with Crippen LogP contribution in [-0.2, 0) is 14.3 Å². The van der Waals surface area contributed by atoms with Crippen LogP contribution in [0.4, 0.5) is 5.69 Å². The zero-order chi connectivity index (χ0) is 21.1. The third-order valence-corrected chi connectivity index (χ3v) is 5.90. The van der Waals surface area contributed by atoms with Gasteiger partial charge in [-0.15, -0.1) is 0 Å². The van der Waals surface area contributed by atoms with Gasteiger partial charge in [0.15, 0.2) is 0 Å². The molecule has 2 saturated heterocycles. The molecule has 2 atom stereocenters. The minimum absolute atomic E-state index is 0.00327. The Hall–Kier alpha value is -2.44. The molecule has 2 fully saturated rings. The monoisotopic (exact) mass is 409 g/mol. The molecule has 2 amide bonds. The van der Waals surface area contributed by atoms with Gasteiger partial charge in [-0.05, 0) is 17.4 Å². The van der Waals surface area contributed by atoms with Gasteiger partial charge in [-0.25, -0.2) is 0 Å². The molecule has 4 rings (SSSR count). The lowest BCUT2D eigenvalue weighted by Crippen LogP contribution is -2.49. The highest BCUT2D eigenvalue weighted by atomic mass is 16.5. The van der Waals surface area contributed by atoms with Gasteiger partial charge in [-0.1, -0.05) is 50.2 Å². The summed E-state index contributed by atoms with van der Waals surface area (Å²) in [7, 11) is 0. The van der Waals surface area contributed by atoms with Crippen molar-refractivity contribution in [3.63, 3.8) is 0 Å². The van der Waals surface area contributed by atoms with Crippen LogP contribution in [0.3, 0.4) is 0 Å². The Labute approximate surface area is 178 Å². The molecule has 1 N–H and O–H groups in total. The number of benzene rings is 2. The van der Waals surface area contributed by atoms with E-state index in [0.717, 1.165) is 36.1 Å². The number of amides is 2. The van der Waals surface area contributed by atoms with Crippen LogP contribution in [0.2, 0.25) is 0 Å². The van der Waals surface area contributed by atoms with E-state index in [-0.39, 0.29) is 30.3 Å². The van der Waals surface area contributed by atoms with Crippen molar-refractivity contribution >= 4 is 28.3 Å². The number of fused-ring (bicyclic) bond motifs is 1. The topological polar surface area (TPSA) is 61.9 Å². The average molecular weight is 410 g/mol. The number of nitrogens with zero attached hydrogens (tertiary/aromatic N) is 2. The van der Waals surface area contributed by atoms with Crippen molar-refractivity contribution in [3.8, 4) is 0 Å². The predicted octanol–water partition coefficient (Wildman–Crippen LogP) is 2.67. The van der Waals surface area contributed by atoms with Crippen LogP contribution < -0.4 is 10.2 Å². The second-order valence-electron chi connectivity index (χ2n) is 8.80. The van der Waals surface area contributed by atoms with Crippen molar-refractivity contribution in [1.29, 1.82) is 0 Å². The molecule has 2 heterocycles. The Balaban J connectivity index is 1.35. The van der Waals surface area contributed by atoms with E-state index < -0.39 is 0 Å². The minimum atomic E-state index is -0.327. The number of ether oxygens (including phenoxy) is 1. The molecule has 6 nitrogen and oxygen atoms in total. The van der Waals surface area contributed by atoms with Crippen molar-refractivity contribution < 1.29 is 14.3 Å². The molecular weight excluding hydrogens is 378 g/mol. The van der Waals surface area contributed by atoms with Crippen LogP contribution in [-0.4, -0.2) is 62.1 Å². The van der Waals surface area contributed by atoms with Crippen molar-refractivity contribution in [2.24, 2.45) is 11.8 Å². The second-order valence-corrected chi connectivity index (χ2v) is 8.80. The number of anilines is 1. The van der Waals surface area contributed by atoms with Crippen molar-refractivity contribution in [3.05, 3.63) is 42.5 Å². The molecule has 2 aliphatic heterocycles. The van der Waals surface area contributed by atoms with E-state index in [9.17, 15) is 9.59 Å². The maximum Gasteiger partial charge on any atom is 0.227 e. The summed E-state index contributed by atoms with van der Waals surface area (Å²) in [5.74, 6) is 0.230. The van der Waals surface area contributed by atoms with Gasteiger partial charge in [-0.2, -0.15) is 0 Å². The van der Waals surface area contributed by atoms with Crippen LogP contribution in [0.15, 0.2) is 42.5 Å². The van der Waals surface area contributed by atoms with Gasteiger partial charge in [0.05, 0.1) is 24.3 Å². The Bertz CT molecular complexity index is 908. The number of nitrogens with one attached hydrogen (secondary N) is 1. The van der Waals surface area contributed by atoms with Crippen LogP contribution in [0.5, 0.6) is 0 Å². The zero-order valence-corrected chi connectivity index (χ0v) is 17.8. The molecule has 0 aliphatic carbocycles. The SMILES string of the molecule is CC(C)CN1CCOC(CNC(=O)C2CC(=O)N(c3cccc4ccccc34)C2)C1. The standard InChI is InChI=1S/C24H31N3O3/c1-17(2)14-26-10-11-30-20(16-26)13-25-24(29)19-12-23(28)27(15-19)22-9-5-7-18-6-3-4-8-21(18)22/h3-9,17,19-20H,10-16H2,1-2H3,(H,25,29). The third kappa shape index (κ3) is 4.65. The highest BCUT2D eigenvalue weighted by Gasteiger charge is 2.36. The fraction of sp³-hybridized carbons (Fsp3) is 0.500. The van der Waals surface area contributed by atoms with E-state index in [0.29, 0.717) is 25.6 Å². The Morgan fingerprint density at radius 2 is 1.97 bits per heavy atom. The molecule has 160 valence electrons. The quantitative estimate of drug-likeness (QED) is 0.797. The molecule has 0 aromatic heterocycles. The number of carbonyl (C=O) groups excluding carboxylic acids is 2. The van der Waals surface area contributed by atoms with Crippen LogP contribution in [0.1, 0.15) is 20.3 Å². The molecule has 0 spiro atoms. The van der Waals surface area contributed by atoms with Crippen LogP contribution >= 0.6 is 0 Å². The lowest BCUT2D eigenvalue weighted by Gasteiger charge is -2.34. The minimum Gasteiger partial charge on any atom is -0.374 e. The molecule has 2 unspecified atom stereocenters. The number of morpholine rings is 1. The molecule has 6 heteroatoms. The summed E-state index contributed by atoms with van der Waals surface area (Å²) < 4.78 is 5.83. The highest BCUT2D eigenvalue weighted by Crippen LogP contribution is 2.31. The molecule has 2 aliphatic rings. The molecule has 0 bridgehead atoms. The second kappa shape index (κ2) is 9.14. The van der Waals surface area contributed by atoms with Gasteiger partial charge in [0, 0.05) is 44.5 Å². The van der Waals surface area contributed by atoms with Crippen molar-refractivity contribution in [2.75, 3.05) is 44.2 Å². The van der Waals surface area contributed by atoms with Gasteiger partial charge < -0.3 is 15.0 Å². The fourth-order valence-electron chi connectivity index (χ4n) is 4.50. The predicted molar refractivity (Wildman–Crippen MR) is 118 cm³/mol. The maximum atomic E-state index is 12.8. The van der Waals surface area contributed by atoms with Crippen molar-refractivity contribution in [2.45, 2.75) is 26.4 Å². The molecule has 30 heavy (non-hydrogen) atoms. The maximum absolute atomic E-state index is 12.8. The Morgan fingerprint density at radius 1 is 1.17 bits per heavy atom. The van der Waals surface area contributed by atoms with E-state index in [1.807, 2.05) is 42.5 Å². The first-order chi connectivity index (χ1) is 14.5. The first-order valence-electron chi connectivity index (χ1n) is 10.9. The Kier molecular flexibility index (Phi) is 6.35. The van der Waals surface area contributed by atoms with E-state index in [2.05, 4.69) is 24.1 Å². The summed E-state index contributed by atoms with van der Waals surface area (Å²) in [5.41, 5.74) is 0.883. The zero-order valence-electron chi connectivity index (χ0n) is 17.8.